The van der Waals surface area contributed by atoms with Crippen molar-refractivity contribution in [2.45, 2.75) is 26.4 Å². The van der Waals surface area contributed by atoms with E-state index in [2.05, 4.69) is 37.2 Å². The summed E-state index contributed by atoms with van der Waals surface area (Å²) in [6.07, 6.45) is 0. The van der Waals surface area contributed by atoms with Crippen molar-refractivity contribution in [1.82, 2.24) is 5.32 Å². The van der Waals surface area contributed by atoms with E-state index in [0.717, 1.165) is 31.3 Å². The van der Waals surface area contributed by atoms with E-state index >= 15 is 0 Å². The number of hydrogen-bond acceptors (Lipinski definition) is 5. The van der Waals surface area contributed by atoms with Crippen LogP contribution in [0.3, 0.4) is 0 Å². The molecule has 2 aliphatic rings. The van der Waals surface area contributed by atoms with Crippen LogP contribution in [0.1, 0.15) is 46.8 Å². The minimum Gasteiger partial charge on any atom is -0.488 e. The Morgan fingerprint density at radius 1 is 1.00 bits per heavy atom. The van der Waals surface area contributed by atoms with Crippen molar-refractivity contribution < 1.29 is 19.1 Å². The molecule has 7 heteroatoms. The molecule has 0 saturated carbocycles. The van der Waals surface area contributed by atoms with Crippen LogP contribution in [0.15, 0.2) is 92.5 Å². The fraction of sp³-hybridized carbons (Fsp3) is 0.172. The Balaban J connectivity index is 1.53. The van der Waals surface area contributed by atoms with Gasteiger partial charge < -0.3 is 14.8 Å². The molecule has 0 unspecified atom stereocenters. The number of rotatable bonds is 6. The smallest absolute Gasteiger partial charge is 0.336 e. The predicted molar refractivity (Wildman–Crippen MR) is 146 cm³/mol. The maximum absolute atomic E-state index is 13.6. The largest absolute Gasteiger partial charge is 0.488 e. The zero-order valence-electron chi connectivity index (χ0n) is 19.7. The standard InChI is InChI=1S/C29H23Br2NO4/c1-3-35-29(34)24-16(2)32-27-20-6-4-5-7-21(20)28(33)26(27)25(24)18-10-13-23(22(31)14-18)36-15-17-8-11-19(30)12-9-17/h4-14,25,32H,3,15H2,1-2H3/t25-/m1/s1. The first-order valence-electron chi connectivity index (χ1n) is 11.6. The maximum atomic E-state index is 13.6. The third kappa shape index (κ3) is 4.42. The molecule has 0 spiro atoms. The van der Waals surface area contributed by atoms with Gasteiger partial charge >= 0.3 is 5.97 Å². The van der Waals surface area contributed by atoms with Crippen LogP contribution in [0, 0.1) is 0 Å². The van der Waals surface area contributed by atoms with Crippen molar-refractivity contribution in [3.63, 3.8) is 0 Å². The van der Waals surface area contributed by atoms with Gasteiger partial charge in [0.05, 0.1) is 22.3 Å². The van der Waals surface area contributed by atoms with E-state index in [1.54, 1.807) is 6.92 Å². The number of benzene rings is 3. The molecule has 3 aromatic rings. The van der Waals surface area contributed by atoms with E-state index in [9.17, 15) is 9.59 Å². The SMILES string of the molecule is CCOC(=O)C1=C(C)NC2=C(C(=O)c3ccccc32)[C@@H]1c1ccc(OCc2ccc(Br)cc2)c(Br)c1. The van der Waals surface area contributed by atoms with Crippen LogP contribution < -0.4 is 10.1 Å². The number of carbonyl (C=O) groups is 2. The number of halogens is 2. The highest BCUT2D eigenvalue weighted by Gasteiger charge is 2.43. The van der Waals surface area contributed by atoms with Gasteiger partial charge in [-0.15, -0.1) is 0 Å². The molecule has 1 heterocycles. The average Bonchev–Trinajstić information content (AvgIpc) is 3.15. The zero-order valence-corrected chi connectivity index (χ0v) is 22.9. The Kier molecular flexibility index (Phi) is 6.86. The molecule has 182 valence electrons. The number of fused-ring (bicyclic) bond motifs is 2. The number of allylic oxidation sites excluding steroid dienone is 2. The Labute approximate surface area is 226 Å². The summed E-state index contributed by atoms with van der Waals surface area (Å²) in [6.45, 7) is 4.28. The first-order valence-corrected chi connectivity index (χ1v) is 13.2. The minimum atomic E-state index is -0.572. The van der Waals surface area contributed by atoms with Crippen molar-refractivity contribution in [1.29, 1.82) is 0 Å². The van der Waals surface area contributed by atoms with E-state index in [0.29, 0.717) is 34.8 Å². The summed E-state index contributed by atoms with van der Waals surface area (Å²) in [5.41, 5.74) is 5.73. The van der Waals surface area contributed by atoms with Crippen molar-refractivity contribution in [2.75, 3.05) is 6.61 Å². The lowest BCUT2D eigenvalue weighted by atomic mass is 9.80. The van der Waals surface area contributed by atoms with Crippen molar-refractivity contribution >= 4 is 49.3 Å². The van der Waals surface area contributed by atoms with Gasteiger partial charge in [0.2, 0.25) is 0 Å². The molecule has 1 aliphatic carbocycles. The van der Waals surface area contributed by atoms with E-state index in [-0.39, 0.29) is 12.4 Å². The molecular formula is C29H23Br2NO4. The molecule has 1 aliphatic heterocycles. The lowest BCUT2D eigenvalue weighted by molar-refractivity contribution is -0.138. The summed E-state index contributed by atoms with van der Waals surface area (Å²) >= 11 is 7.08. The summed E-state index contributed by atoms with van der Waals surface area (Å²) in [5, 5.41) is 3.32. The van der Waals surface area contributed by atoms with Gasteiger partial charge in [0.25, 0.3) is 0 Å². The number of dihydropyridines is 1. The summed E-state index contributed by atoms with van der Waals surface area (Å²) in [5.74, 6) is -0.421. The minimum absolute atomic E-state index is 0.0842. The molecule has 0 amide bonds. The summed E-state index contributed by atoms with van der Waals surface area (Å²) in [6, 6.07) is 21.1. The number of carbonyl (C=O) groups excluding carboxylic acids is 2. The van der Waals surface area contributed by atoms with Crippen LogP contribution in [0.5, 0.6) is 5.75 Å². The van der Waals surface area contributed by atoms with E-state index in [4.69, 9.17) is 9.47 Å². The topological polar surface area (TPSA) is 64.6 Å². The van der Waals surface area contributed by atoms with Crippen molar-refractivity contribution in [3.8, 4) is 5.75 Å². The Morgan fingerprint density at radius 3 is 2.42 bits per heavy atom. The van der Waals surface area contributed by atoms with Crippen LogP contribution in [0.2, 0.25) is 0 Å². The predicted octanol–water partition coefficient (Wildman–Crippen LogP) is 6.92. The van der Waals surface area contributed by atoms with Crippen LogP contribution in [0.25, 0.3) is 5.70 Å². The highest BCUT2D eigenvalue weighted by atomic mass is 79.9. The fourth-order valence-electron chi connectivity index (χ4n) is 4.70. The average molecular weight is 609 g/mol. The highest BCUT2D eigenvalue weighted by molar-refractivity contribution is 9.10. The maximum Gasteiger partial charge on any atom is 0.336 e. The number of hydrogen-bond donors (Lipinski definition) is 1. The fourth-order valence-corrected chi connectivity index (χ4v) is 5.47. The third-order valence-corrected chi connectivity index (χ3v) is 7.49. The molecule has 0 bridgehead atoms. The van der Waals surface area contributed by atoms with Gasteiger partial charge in [-0.3, -0.25) is 4.79 Å². The molecule has 5 rings (SSSR count). The second kappa shape index (κ2) is 10.1. The van der Waals surface area contributed by atoms with E-state index < -0.39 is 11.9 Å². The van der Waals surface area contributed by atoms with Crippen LogP contribution >= 0.6 is 31.9 Å². The lowest BCUT2D eigenvalue weighted by Gasteiger charge is -2.29. The number of ketones is 1. The summed E-state index contributed by atoms with van der Waals surface area (Å²) in [7, 11) is 0. The number of Topliss-reactive ketones (excluding diaryl/α,β-unsaturated/α-hetero) is 1. The van der Waals surface area contributed by atoms with Gasteiger partial charge in [-0.25, -0.2) is 4.79 Å². The molecule has 1 N–H and O–H groups in total. The molecule has 1 atom stereocenters. The van der Waals surface area contributed by atoms with Crippen LogP contribution in [-0.2, 0) is 16.1 Å². The Bertz CT molecular complexity index is 1440. The quantitative estimate of drug-likeness (QED) is 0.308. The molecule has 0 aromatic heterocycles. The second-order valence-electron chi connectivity index (χ2n) is 8.59. The van der Waals surface area contributed by atoms with E-state index in [1.807, 2.05) is 73.7 Å². The van der Waals surface area contributed by atoms with Crippen molar-refractivity contribution in [2.24, 2.45) is 0 Å². The summed E-state index contributed by atoms with van der Waals surface area (Å²) in [4.78, 5) is 26.7. The van der Waals surface area contributed by atoms with Crippen LogP contribution in [-0.4, -0.2) is 18.4 Å². The van der Waals surface area contributed by atoms with Gasteiger partial charge in [0.1, 0.15) is 12.4 Å². The monoisotopic (exact) mass is 607 g/mol. The second-order valence-corrected chi connectivity index (χ2v) is 10.4. The molecule has 5 nitrogen and oxygen atoms in total. The van der Waals surface area contributed by atoms with Gasteiger partial charge in [-0.2, -0.15) is 0 Å². The molecule has 0 fully saturated rings. The summed E-state index contributed by atoms with van der Waals surface area (Å²) < 4.78 is 13.2. The molecule has 36 heavy (non-hydrogen) atoms. The number of nitrogens with one attached hydrogen (secondary N) is 1. The molecule has 0 saturated heterocycles. The van der Waals surface area contributed by atoms with Crippen molar-refractivity contribution in [3.05, 3.63) is 115 Å². The first-order chi connectivity index (χ1) is 17.4. The van der Waals surface area contributed by atoms with Gasteiger partial charge in [0, 0.05) is 32.8 Å². The highest BCUT2D eigenvalue weighted by Crippen LogP contribution is 2.47. The molecular weight excluding hydrogens is 586 g/mol. The number of ether oxygens (including phenoxy) is 2. The third-order valence-electron chi connectivity index (χ3n) is 6.34. The molecule has 0 radical (unpaired) electrons. The van der Waals surface area contributed by atoms with Gasteiger partial charge in [-0.1, -0.05) is 58.4 Å². The van der Waals surface area contributed by atoms with E-state index in [1.165, 1.54) is 0 Å². The first kappa shape index (κ1) is 24.5. The zero-order chi connectivity index (χ0) is 25.4. The Hall–Kier alpha value is -3.16. The van der Waals surface area contributed by atoms with Gasteiger partial charge in [-0.05, 0) is 65.2 Å². The normalized spacial score (nSPS) is 16.4. The van der Waals surface area contributed by atoms with Crippen LogP contribution in [0.4, 0.5) is 0 Å². The molecule has 3 aromatic carbocycles. The van der Waals surface area contributed by atoms with Gasteiger partial charge in [0.15, 0.2) is 5.78 Å². The lowest BCUT2D eigenvalue weighted by Crippen LogP contribution is -2.29. The Morgan fingerprint density at radius 2 is 1.72 bits per heavy atom. The number of esters is 1.